The van der Waals surface area contributed by atoms with Gasteiger partial charge in [-0.15, -0.1) is 0 Å². The molecule has 0 aromatic rings. The monoisotopic (exact) mass is 274 g/mol. The summed E-state index contributed by atoms with van der Waals surface area (Å²) in [6.07, 6.45) is 0.00852. The average Bonchev–Trinajstić information content (AvgIpc) is 2.58. The summed E-state index contributed by atoms with van der Waals surface area (Å²) in [5.41, 5.74) is 0.884. The normalized spacial score (nSPS) is 38.7. The van der Waals surface area contributed by atoms with Crippen LogP contribution in [0, 0.1) is 5.92 Å². The molecule has 4 atom stereocenters. The molecule has 2 aliphatic heterocycles. The number of rotatable bonds is 3. The Morgan fingerprint density at radius 2 is 1.94 bits per heavy atom. The van der Waals surface area contributed by atoms with Crippen molar-refractivity contribution in [2.75, 3.05) is 19.5 Å². The molecule has 5 heteroatoms. The van der Waals surface area contributed by atoms with Crippen LogP contribution in [0.25, 0.3) is 0 Å². The molecule has 0 radical (unpaired) electrons. The van der Waals surface area contributed by atoms with Gasteiger partial charge in [0.05, 0.1) is 13.2 Å². The molecule has 0 N–H and O–H groups in total. The van der Waals surface area contributed by atoms with Gasteiger partial charge < -0.3 is 18.8 Å². The van der Waals surface area contributed by atoms with E-state index in [0.29, 0.717) is 6.16 Å². The molecule has 104 valence electrons. The van der Waals surface area contributed by atoms with Gasteiger partial charge >= 0.3 is 0 Å². The molecule has 0 saturated carbocycles. The van der Waals surface area contributed by atoms with E-state index in [9.17, 15) is 4.57 Å². The highest BCUT2D eigenvalue weighted by Gasteiger charge is 2.53. The van der Waals surface area contributed by atoms with Crippen molar-refractivity contribution in [2.45, 2.75) is 45.1 Å². The van der Waals surface area contributed by atoms with Crippen LogP contribution >= 0.6 is 7.14 Å². The van der Waals surface area contributed by atoms with Gasteiger partial charge in [0.2, 0.25) is 0 Å². The molecule has 0 amide bonds. The number of hydrogen-bond donors (Lipinski definition) is 0. The second-order valence-electron chi connectivity index (χ2n) is 6.27. The van der Waals surface area contributed by atoms with Crippen LogP contribution in [-0.4, -0.2) is 43.8 Å². The second kappa shape index (κ2) is 4.45. The van der Waals surface area contributed by atoms with Crippen LogP contribution in [0.1, 0.15) is 20.8 Å². The van der Waals surface area contributed by atoms with Gasteiger partial charge in [-0.05, 0) is 32.8 Å². The minimum atomic E-state index is -2.12. The zero-order valence-electron chi connectivity index (χ0n) is 11.8. The zero-order chi connectivity index (χ0) is 13.7. The van der Waals surface area contributed by atoms with Gasteiger partial charge in [-0.3, -0.25) is 0 Å². The Morgan fingerprint density at radius 1 is 1.33 bits per heavy atom. The minimum Gasteiger partial charge on any atom is -0.342 e. The lowest BCUT2D eigenvalue weighted by molar-refractivity contribution is -0.205. The minimum absolute atomic E-state index is 0.0603. The first-order valence-corrected chi connectivity index (χ1v) is 9.10. The van der Waals surface area contributed by atoms with Crippen molar-refractivity contribution < 1.29 is 18.8 Å². The molecule has 2 saturated heterocycles. The van der Waals surface area contributed by atoms with E-state index in [1.165, 1.54) is 0 Å². The van der Waals surface area contributed by atoms with Crippen molar-refractivity contribution in [1.29, 1.82) is 0 Å². The third-order valence-electron chi connectivity index (χ3n) is 3.35. The van der Waals surface area contributed by atoms with Gasteiger partial charge in [-0.25, -0.2) is 0 Å². The first-order chi connectivity index (χ1) is 8.09. The molecular formula is C13H23O4P. The maximum absolute atomic E-state index is 11.9. The highest BCUT2D eigenvalue weighted by molar-refractivity contribution is 7.62. The molecule has 18 heavy (non-hydrogen) atoms. The average molecular weight is 274 g/mol. The highest BCUT2D eigenvalue weighted by atomic mass is 31.2. The Morgan fingerprint density at radius 3 is 2.44 bits per heavy atom. The van der Waals surface area contributed by atoms with Crippen molar-refractivity contribution in [3.63, 3.8) is 0 Å². The van der Waals surface area contributed by atoms with Gasteiger partial charge in [0.15, 0.2) is 12.1 Å². The molecule has 0 aliphatic carbocycles. The zero-order valence-corrected chi connectivity index (χ0v) is 12.7. The van der Waals surface area contributed by atoms with Gasteiger partial charge in [0.1, 0.15) is 6.10 Å². The summed E-state index contributed by atoms with van der Waals surface area (Å²) < 4.78 is 29.3. The first-order valence-electron chi connectivity index (χ1n) is 6.32. The van der Waals surface area contributed by atoms with Crippen LogP contribution in [-0.2, 0) is 18.8 Å². The van der Waals surface area contributed by atoms with Crippen LogP contribution in [0.4, 0.5) is 0 Å². The van der Waals surface area contributed by atoms with Crippen LogP contribution in [0.2, 0.25) is 0 Å². The summed E-state index contributed by atoms with van der Waals surface area (Å²) in [5, 5.41) is 0. The van der Waals surface area contributed by atoms with Gasteiger partial charge in [-0.1, -0.05) is 13.5 Å². The van der Waals surface area contributed by atoms with E-state index >= 15 is 0 Å². The Hall–Kier alpha value is -0.150. The lowest BCUT2D eigenvalue weighted by atomic mass is 9.96. The molecule has 2 rings (SSSR count). The molecule has 0 bridgehead atoms. The summed E-state index contributed by atoms with van der Waals surface area (Å²) in [5.74, 6) is -0.406. The fourth-order valence-corrected chi connectivity index (χ4v) is 3.86. The maximum atomic E-state index is 11.9. The topological polar surface area (TPSA) is 44.8 Å². The predicted molar refractivity (Wildman–Crippen MR) is 71.3 cm³/mol. The molecular weight excluding hydrogens is 251 g/mol. The van der Waals surface area contributed by atoms with E-state index in [1.54, 1.807) is 13.3 Å². The number of hydrogen-bond acceptors (Lipinski definition) is 4. The largest absolute Gasteiger partial charge is 0.342 e. The predicted octanol–water partition coefficient (Wildman–Crippen LogP) is 2.68. The Balaban J connectivity index is 2.04. The van der Waals surface area contributed by atoms with Crippen molar-refractivity contribution in [2.24, 2.45) is 5.92 Å². The maximum Gasteiger partial charge on any atom is 0.188 e. The molecule has 0 aromatic heterocycles. The smallest absolute Gasteiger partial charge is 0.188 e. The fourth-order valence-electron chi connectivity index (χ4n) is 2.71. The number of ether oxygens (including phenoxy) is 3. The quantitative estimate of drug-likeness (QED) is 0.586. The fraction of sp³-hybridized carbons (Fsp3) is 0.846. The van der Waals surface area contributed by atoms with Crippen molar-refractivity contribution in [3.8, 4) is 0 Å². The highest BCUT2D eigenvalue weighted by Crippen LogP contribution is 2.45. The summed E-state index contributed by atoms with van der Waals surface area (Å²) in [6, 6.07) is 0. The van der Waals surface area contributed by atoms with Crippen molar-refractivity contribution in [1.82, 2.24) is 0 Å². The standard InChI is InChI=1S/C13H23O4P/c1-8(7-18(5,6)14)10-9(2)11-12(15-10)17-13(3,4)16-11/h9-12H,1,7H2,2-6H3/t9-,10-,11-,12-/m1/s1. The van der Waals surface area contributed by atoms with Crippen molar-refractivity contribution in [3.05, 3.63) is 12.2 Å². The van der Waals surface area contributed by atoms with Crippen molar-refractivity contribution >= 4 is 7.14 Å². The molecule has 4 nitrogen and oxygen atoms in total. The number of fused-ring (bicyclic) bond motifs is 1. The van der Waals surface area contributed by atoms with Gasteiger partial charge in [-0.2, -0.15) is 0 Å². The molecule has 2 aliphatic rings. The van der Waals surface area contributed by atoms with Crippen LogP contribution < -0.4 is 0 Å². The van der Waals surface area contributed by atoms with E-state index in [0.717, 1.165) is 5.57 Å². The third-order valence-corrected chi connectivity index (χ3v) is 4.52. The van der Waals surface area contributed by atoms with E-state index < -0.39 is 12.9 Å². The van der Waals surface area contributed by atoms with E-state index in [4.69, 9.17) is 14.2 Å². The summed E-state index contributed by atoms with van der Waals surface area (Å²) >= 11 is 0. The van der Waals surface area contributed by atoms with Crippen LogP contribution in [0.15, 0.2) is 12.2 Å². The lowest BCUT2D eigenvalue weighted by Gasteiger charge is -2.25. The Bertz CT molecular complexity index is 398. The second-order valence-corrected chi connectivity index (χ2v) is 9.74. The molecule has 0 unspecified atom stereocenters. The summed E-state index contributed by atoms with van der Waals surface area (Å²) in [4.78, 5) is 0. The van der Waals surface area contributed by atoms with Crippen LogP contribution in [0.3, 0.4) is 0 Å². The van der Waals surface area contributed by atoms with Gasteiger partial charge in [0.25, 0.3) is 0 Å². The van der Waals surface area contributed by atoms with E-state index in [1.807, 2.05) is 13.8 Å². The first kappa shape index (κ1) is 14.3. The van der Waals surface area contributed by atoms with Gasteiger partial charge in [0, 0.05) is 12.1 Å². The molecule has 0 spiro atoms. The van der Waals surface area contributed by atoms with E-state index in [2.05, 4.69) is 13.5 Å². The molecule has 2 fully saturated rings. The SMILES string of the molecule is C=C(CP(C)(C)=O)[C@H]1O[C@@H]2OC(C)(C)O[C@@H]2[C@@H]1C. The van der Waals surface area contributed by atoms with Crippen LogP contribution in [0.5, 0.6) is 0 Å². The summed E-state index contributed by atoms with van der Waals surface area (Å²) in [7, 11) is -2.12. The Labute approximate surface area is 109 Å². The van der Waals surface area contributed by atoms with E-state index in [-0.39, 0.29) is 24.4 Å². The molecule has 0 aromatic carbocycles. The lowest BCUT2D eigenvalue weighted by Crippen LogP contribution is -2.29. The molecule has 2 heterocycles. The summed E-state index contributed by atoms with van der Waals surface area (Å²) in [6.45, 7) is 13.4. The Kier molecular flexibility index (Phi) is 3.52. The third kappa shape index (κ3) is 2.88.